The third-order valence-corrected chi connectivity index (χ3v) is 9.63. The summed E-state index contributed by atoms with van der Waals surface area (Å²) in [5, 5.41) is 0. The summed E-state index contributed by atoms with van der Waals surface area (Å²) in [5.74, 6) is 0. The summed E-state index contributed by atoms with van der Waals surface area (Å²) in [6, 6.07) is 63.6. The van der Waals surface area contributed by atoms with Crippen LogP contribution in [0.25, 0.3) is 33.4 Å². The number of halogens is 2. The summed E-state index contributed by atoms with van der Waals surface area (Å²) in [5.41, 5.74) is 16.0. The van der Waals surface area contributed by atoms with Crippen LogP contribution in [0.2, 0.25) is 0 Å². The molecule has 1 aliphatic carbocycles. The van der Waals surface area contributed by atoms with Crippen LogP contribution >= 0.6 is 0 Å². The van der Waals surface area contributed by atoms with E-state index in [0.29, 0.717) is 0 Å². The molecule has 0 aromatic heterocycles. The molecule has 7 aromatic carbocycles. The molecule has 0 bridgehead atoms. The van der Waals surface area contributed by atoms with Crippen molar-refractivity contribution in [2.75, 3.05) is 0 Å². The Balaban J connectivity index is 0.000000208. The first kappa shape index (κ1) is 38.8. The zero-order valence-corrected chi connectivity index (χ0v) is 32.5. The Hall–Kier alpha value is -4.00. The van der Waals surface area contributed by atoms with Crippen molar-refractivity contribution in [3.63, 3.8) is 0 Å². The van der Waals surface area contributed by atoms with E-state index in [0.717, 1.165) is 19.3 Å². The van der Waals surface area contributed by atoms with Gasteiger partial charge in [-0.15, -0.1) is 29.3 Å². The van der Waals surface area contributed by atoms with Gasteiger partial charge in [0.05, 0.1) is 0 Å². The van der Waals surface area contributed by atoms with Gasteiger partial charge in [0, 0.05) is 0 Å². The number of hydrogen-bond acceptors (Lipinski definition) is 0. The number of benzene rings is 6. The summed E-state index contributed by atoms with van der Waals surface area (Å²) < 4.78 is 1.60. The average Bonchev–Trinajstić information content (AvgIpc) is 3.82. The topological polar surface area (TPSA) is 0 Å². The van der Waals surface area contributed by atoms with Crippen LogP contribution in [0.5, 0.6) is 0 Å². The van der Waals surface area contributed by atoms with Gasteiger partial charge >= 0.3 is 112 Å². The zero-order valence-electron chi connectivity index (χ0n) is 28.5. The van der Waals surface area contributed by atoms with Crippen molar-refractivity contribution in [3.05, 3.63) is 209 Å². The Morgan fingerprint density at radius 1 is 0.560 bits per heavy atom. The van der Waals surface area contributed by atoms with Crippen LogP contribution in [0.3, 0.4) is 0 Å². The molecule has 0 nitrogen and oxygen atoms in total. The normalized spacial score (nSPS) is 10.5. The third-order valence-electron chi connectivity index (χ3n) is 8.76. The number of fused-ring (bicyclic) bond motifs is 3. The van der Waals surface area contributed by atoms with Gasteiger partial charge < -0.3 is 24.8 Å². The molecule has 0 saturated heterocycles. The molecule has 0 fully saturated rings. The molecule has 50 heavy (non-hydrogen) atoms. The van der Waals surface area contributed by atoms with Crippen LogP contribution < -0.4 is 24.8 Å². The molecule has 0 radical (unpaired) electrons. The quantitative estimate of drug-likeness (QED) is 0.193. The van der Waals surface area contributed by atoms with E-state index in [2.05, 4.69) is 159 Å². The summed E-state index contributed by atoms with van der Waals surface area (Å²) in [4.78, 5) is 0. The maximum atomic E-state index is 3.70. The van der Waals surface area contributed by atoms with Gasteiger partial charge in [-0.2, -0.15) is 18.2 Å². The predicted molar refractivity (Wildman–Crippen MR) is 201 cm³/mol. The zero-order chi connectivity index (χ0) is 33.1. The smallest absolute Gasteiger partial charge is 0.172 e. The van der Waals surface area contributed by atoms with Crippen molar-refractivity contribution in [2.45, 2.75) is 33.1 Å². The number of rotatable bonds is 6. The molecule has 0 N–H and O–H groups in total. The Kier molecular flexibility index (Phi) is 15.1. The van der Waals surface area contributed by atoms with E-state index in [1.165, 1.54) is 66.8 Å². The van der Waals surface area contributed by atoms with Crippen molar-refractivity contribution in [1.29, 1.82) is 0 Å². The molecule has 0 aliphatic heterocycles. The molecule has 0 saturated carbocycles. The molecular weight excluding hydrogens is 727 g/mol. The minimum atomic E-state index is 0. The van der Waals surface area contributed by atoms with E-state index in [4.69, 9.17) is 0 Å². The van der Waals surface area contributed by atoms with Gasteiger partial charge in [-0.3, -0.25) is 0 Å². The van der Waals surface area contributed by atoms with Crippen molar-refractivity contribution in [3.8, 4) is 33.4 Å². The van der Waals surface area contributed by atoms with E-state index in [-0.39, 0.29) is 24.8 Å². The van der Waals surface area contributed by atoms with E-state index < -0.39 is 0 Å². The molecule has 8 rings (SSSR count). The van der Waals surface area contributed by atoms with Gasteiger partial charge in [-0.1, -0.05) is 89.0 Å². The maximum absolute atomic E-state index is 3.70. The standard InChI is InChI=1S/C27H21.C15H14.C5H5.2ClH.Zr/c1-18-7-3-5-9-24(18)20-11-13-26-22(15-20)17-23-16-21(12-14-27(23)26)25-10-6-4-8-19(25)2;1-3-8-14(9-4-1)12-7-13-15-10-5-2-6-11-15;1-2-4-5-3-1;;;/h3-15H,17H2,1-2H3;1-6,8-11H,12-13H2;1-5H;2*1H;/q-1;;-1;;;+2/p-2. The Labute approximate surface area is 325 Å². The SMILES string of the molecule is Cc1ccccc1-c1[c-]c2c(cc1)-c1ccc(-c3ccccc3C)cc1C2.[Cl-].[Cl-].[Zr+2]=[C](Cc1ccccc1)Cc1ccccc1.c1cc[cH-]c1. The van der Waals surface area contributed by atoms with Crippen molar-refractivity contribution in [2.24, 2.45) is 0 Å². The summed E-state index contributed by atoms with van der Waals surface area (Å²) in [6.45, 7) is 4.35. The fourth-order valence-electron chi connectivity index (χ4n) is 6.29. The van der Waals surface area contributed by atoms with E-state index in [9.17, 15) is 0 Å². The Morgan fingerprint density at radius 2 is 1.08 bits per heavy atom. The Morgan fingerprint density at radius 3 is 1.62 bits per heavy atom. The molecule has 0 heterocycles. The fourth-order valence-corrected chi connectivity index (χ4v) is 7.29. The van der Waals surface area contributed by atoms with Gasteiger partial charge in [-0.25, -0.2) is 12.1 Å². The molecule has 0 atom stereocenters. The first-order valence-electron chi connectivity index (χ1n) is 16.7. The van der Waals surface area contributed by atoms with Gasteiger partial charge in [0.2, 0.25) is 0 Å². The largest absolute Gasteiger partial charge is 0.214 e. The molecule has 0 spiro atoms. The monoisotopic (exact) mass is 764 g/mol. The molecule has 1 aliphatic rings. The first-order chi connectivity index (χ1) is 23.5. The first-order valence-corrected chi connectivity index (χ1v) is 17.9. The number of hydrogen-bond donors (Lipinski definition) is 0. The Bertz CT molecular complexity index is 1930. The van der Waals surface area contributed by atoms with Crippen molar-refractivity contribution < 1.29 is 49.0 Å². The van der Waals surface area contributed by atoms with Crippen LogP contribution in [-0.4, -0.2) is 3.21 Å². The van der Waals surface area contributed by atoms with Crippen LogP contribution in [0, 0.1) is 19.9 Å². The summed E-state index contributed by atoms with van der Waals surface area (Å²) in [7, 11) is 0. The molecule has 248 valence electrons. The second-order valence-electron chi connectivity index (χ2n) is 12.3. The maximum Gasteiger partial charge on any atom is -0.172 e. The molecule has 0 amide bonds. The third kappa shape index (κ3) is 10.3. The van der Waals surface area contributed by atoms with E-state index in [1.807, 2.05) is 30.3 Å². The van der Waals surface area contributed by atoms with Crippen molar-refractivity contribution in [1.82, 2.24) is 0 Å². The molecule has 7 aromatic rings. The van der Waals surface area contributed by atoms with Crippen LogP contribution in [-0.2, 0) is 43.5 Å². The van der Waals surface area contributed by atoms with Gasteiger partial charge in [0.15, 0.2) is 0 Å². The minimum absolute atomic E-state index is 0. The second kappa shape index (κ2) is 19.4. The number of aryl methyl sites for hydroxylation is 2. The van der Waals surface area contributed by atoms with Crippen LogP contribution in [0.4, 0.5) is 0 Å². The van der Waals surface area contributed by atoms with Gasteiger partial charge in [0.25, 0.3) is 0 Å². The summed E-state index contributed by atoms with van der Waals surface area (Å²) in [6.07, 6.45) is 3.20. The molecule has 3 heteroatoms. The van der Waals surface area contributed by atoms with Crippen molar-refractivity contribution >= 4 is 3.21 Å². The average molecular weight is 767 g/mol. The predicted octanol–water partition coefficient (Wildman–Crippen LogP) is 5.61. The molecule has 0 unspecified atom stereocenters. The van der Waals surface area contributed by atoms with Crippen LogP contribution in [0.15, 0.2) is 170 Å². The van der Waals surface area contributed by atoms with E-state index in [1.54, 1.807) is 27.4 Å². The minimum Gasteiger partial charge on any atom is -0.214 e. The van der Waals surface area contributed by atoms with Gasteiger partial charge in [0.1, 0.15) is 0 Å². The fraction of sp³-hybridized carbons (Fsp3) is 0.106. The van der Waals surface area contributed by atoms with E-state index >= 15 is 0 Å². The second-order valence-corrected chi connectivity index (χ2v) is 14.1. The van der Waals surface area contributed by atoms with Crippen LogP contribution in [0.1, 0.15) is 33.4 Å². The molecular formula is C47H40Cl2Zr-2. The summed E-state index contributed by atoms with van der Waals surface area (Å²) >= 11 is 1.55. The van der Waals surface area contributed by atoms with Gasteiger partial charge in [-0.05, 0) is 42.5 Å².